The third kappa shape index (κ3) is 3.72. The first kappa shape index (κ1) is 18.0. The second-order valence-corrected chi connectivity index (χ2v) is 8.22. The highest BCUT2D eigenvalue weighted by molar-refractivity contribution is 7.90. The molecule has 2 N–H and O–H groups in total. The fourth-order valence-electron chi connectivity index (χ4n) is 2.82. The number of hydrogen-bond acceptors (Lipinski definition) is 4. The van der Waals surface area contributed by atoms with Crippen molar-refractivity contribution in [3.05, 3.63) is 59.9 Å². The molecule has 7 heteroatoms. The van der Waals surface area contributed by atoms with Gasteiger partial charge in [0.25, 0.3) is 0 Å². The molecule has 1 atom stereocenters. The average Bonchev–Trinajstić information content (AvgIpc) is 2.92. The number of rotatable bonds is 4. The molecule has 0 saturated carbocycles. The first-order chi connectivity index (χ1) is 12.3. The van der Waals surface area contributed by atoms with Gasteiger partial charge in [-0.05, 0) is 44.2 Å². The molecule has 26 heavy (non-hydrogen) atoms. The van der Waals surface area contributed by atoms with Crippen LogP contribution in [-0.4, -0.2) is 20.7 Å². The van der Waals surface area contributed by atoms with Gasteiger partial charge in [-0.15, -0.1) is 0 Å². The number of carbonyl (C=O) groups excluding carboxylic acids is 1. The number of anilines is 1. The molecule has 0 unspecified atom stereocenters. The largest absolute Gasteiger partial charge is 0.459 e. The predicted molar refractivity (Wildman–Crippen MR) is 101 cm³/mol. The first-order valence-electron chi connectivity index (χ1n) is 8.11. The number of hydrogen-bond donors (Lipinski definition) is 2. The maximum Gasteiger partial charge on any atom is 0.319 e. The molecule has 1 heterocycles. The molecule has 0 fully saturated rings. The molecule has 3 rings (SSSR count). The zero-order valence-corrected chi connectivity index (χ0v) is 15.6. The fraction of sp³-hybridized carbons (Fsp3) is 0.211. The molecular formula is C19H20N2O4S. The summed E-state index contributed by atoms with van der Waals surface area (Å²) >= 11 is 0. The zero-order chi connectivity index (χ0) is 18.9. The van der Waals surface area contributed by atoms with Gasteiger partial charge in [-0.3, -0.25) is 0 Å². The van der Waals surface area contributed by atoms with E-state index in [1.807, 2.05) is 38.1 Å². The van der Waals surface area contributed by atoms with Crippen LogP contribution in [0.5, 0.6) is 0 Å². The Bertz CT molecular complexity index is 1050. The monoisotopic (exact) mass is 372 g/mol. The van der Waals surface area contributed by atoms with Crippen molar-refractivity contribution in [2.24, 2.45) is 0 Å². The normalized spacial score (nSPS) is 12.7. The van der Waals surface area contributed by atoms with Crippen LogP contribution in [0.25, 0.3) is 11.0 Å². The summed E-state index contributed by atoms with van der Waals surface area (Å²) in [4.78, 5) is 12.4. The van der Waals surface area contributed by atoms with Gasteiger partial charge in [0.1, 0.15) is 11.3 Å². The Kier molecular flexibility index (Phi) is 4.73. The lowest BCUT2D eigenvalue weighted by molar-refractivity contribution is 0.248. The van der Waals surface area contributed by atoms with Crippen molar-refractivity contribution in [2.75, 3.05) is 11.6 Å². The minimum atomic E-state index is -3.26. The third-order valence-corrected chi connectivity index (χ3v) is 5.29. The molecule has 0 radical (unpaired) electrons. The summed E-state index contributed by atoms with van der Waals surface area (Å²) in [7, 11) is -3.26. The Labute approximate surface area is 152 Å². The van der Waals surface area contributed by atoms with Gasteiger partial charge in [-0.25, -0.2) is 13.2 Å². The van der Waals surface area contributed by atoms with Crippen molar-refractivity contribution in [1.29, 1.82) is 0 Å². The van der Waals surface area contributed by atoms with Crippen LogP contribution in [0.3, 0.4) is 0 Å². The van der Waals surface area contributed by atoms with E-state index in [0.717, 1.165) is 22.8 Å². The summed E-state index contributed by atoms with van der Waals surface area (Å²) in [5, 5.41) is 6.54. The van der Waals surface area contributed by atoms with Crippen LogP contribution >= 0.6 is 0 Å². The van der Waals surface area contributed by atoms with Gasteiger partial charge in [0, 0.05) is 22.9 Å². The third-order valence-electron chi connectivity index (χ3n) is 4.16. The number of furan rings is 1. The van der Waals surface area contributed by atoms with Crippen molar-refractivity contribution in [3.63, 3.8) is 0 Å². The number of carbonyl (C=O) groups is 1. The van der Waals surface area contributed by atoms with Crippen molar-refractivity contribution in [2.45, 2.75) is 24.8 Å². The fourth-order valence-corrected chi connectivity index (χ4v) is 3.45. The van der Waals surface area contributed by atoms with E-state index in [1.165, 1.54) is 12.1 Å². The standard InChI is InChI=1S/C19H20N2O4S/c1-12-16-6-4-5-7-17(16)25-18(12)13(2)20-19(22)21-14-8-10-15(11-9-14)26(3,23)24/h4-11,13H,1-3H3,(H2,20,21,22)/t13-/m1/s1. The number of urea groups is 1. The van der Waals surface area contributed by atoms with Gasteiger partial charge in [0.05, 0.1) is 10.9 Å². The lowest BCUT2D eigenvalue weighted by Crippen LogP contribution is -2.31. The Morgan fingerprint density at radius 3 is 2.35 bits per heavy atom. The molecule has 0 saturated heterocycles. The van der Waals surface area contributed by atoms with Gasteiger partial charge in [0.15, 0.2) is 9.84 Å². The summed E-state index contributed by atoms with van der Waals surface area (Å²) in [5.74, 6) is 0.703. The van der Waals surface area contributed by atoms with Gasteiger partial charge < -0.3 is 15.1 Å². The average molecular weight is 372 g/mol. The van der Waals surface area contributed by atoms with E-state index in [-0.39, 0.29) is 10.9 Å². The van der Waals surface area contributed by atoms with Gasteiger partial charge in [-0.2, -0.15) is 0 Å². The van der Waals surface area contributed by atoms with E-state index in [2.05, 4.69) is 10.6 Å². The Hall–Kier alpha value is -2.80. The Balaban J connectivity index is 1.70. The Morgan fingerprint density at radius 1 is 1.08 bits per heavy atom. The molecule has 2 aromatic carbocycles. The lowest BCUT2D eigenvalue weighted by atomic mass is 10.1. The summed E-state index contributed by atoms with van der Waals surface area (Å²) in [6.07, 6.45) is 1.14. The minimum Gasteiger partial charge on any atom is -0.459 e. The van der Waals surface area contributed by atoms with Crippen molar-refractivity contribution in [3.8, 4) is 0 Å². The molecule has 136 valence electrons. The molecule has 2 amide bonds. The Morgan fingerprint density at radius 2 is 1.73 bits per heavy atom. The molecular weight excluding hydrogens is 352 g/mol. The van der Waals surface area contributed by atoms with Crippen molar-refractivity contribution < 1.29 is 17.6 Å². The van der Waals surface area contributed by atoms with E-state index in [4.69, 9.17) is 4.42 Å². The van der Waals surface area contributed by atoms with Crippen LogP contribution in [0.15, 0.2) is 57.8 Å². The van der Waals surface area contributed by atoms with Crippen LogP contribution < -0.4 is 10.6 Å². The van der Waals surface area contributed by atoms with Crippen molar-refractivity contribution >= 4 is 32.5 Å². The summed E-state index contributed by atoms with van der Waals surface area (Å²) in [5.41, 5.74) is 2.28. The van der Waals surface area contributed by atoms with E-state index in [9.17, 15) is 13.2 Å². The highest BCUT2D eigenvalue weighted by atomic mass is 32.2. The summed E-state index contributed by atoms with van der Waals surface area (Å²) in [6.45, 7) is 3.80. The maximum absolute atomic E-state index is 12.2. The molecule has 0 aliphatic carbocycles. The van der Waals surface area contributed by atoms with E-state index >= 15 is 0 Å². The second-order valence-electron chi connectivity index (χ2n) is 6.20. The molecule has 0 spiro atoms. The first-order valence-corrected chi connectivity index (χ1v) is 10.0. The number of benzene rings is 2. The quantitative estimate of drug-likeness (QED) is 0.724. The topological polar surface area (TPSA) is 88.4 Å². The molecule has 1 aromatic heterocycles. The molecule has 6 nitrogen and oxygen atoms in total. The summed E-state index contributed by atoms with van der Waals surface area (Å²) < 4.78 is 28.8. The number of sulfone groups is 1. The number of aryl methyl sites for hydroxylation is 1. The number of para-hydroxylation sites is 1. The maximum atomic E-state index is 12.2. The zero-order valence-electron chi connectivity index (χ0n) is 14.7. The summed E-state index contributed by atoms with van der Waals surface area (Å²) in [6, 6.07) is 13.0. The highest BCUT2D eigenvalue weighted by Gasteiger charge is 2.18. The second kappa shape index (κ2) is 6.84. The molecule has 0 bridgehead atoms. The van der Waals surface area contributed by atoms with Crippen LogP contribution in [0, 0.1) is 6.92 Å². The minimum absolute atomic E-state index is 0.203. The molecule has 3 aromatic rings. The number of nitrogens with one attached hydrogen (secondary N) is 2. The predicted octanol–water partition coefficient (Wildman–Crippen LogP) is 4.03. The SMILES string of the molecule is Cc1c([C@@H](C)NC(=O)Nc2ccc(S(C)(=O)=O)cc2)oc2ccccc12. The van der Waals surface area contributed by atoms with Crippen LogP contribution in [0.4, 0.5) is 10.5 Å². The van der Waals surface area contributed by atoms with E-state index in [1.54, 1.807) is 12.1 Å². The van der Waals surface area contributed by atoms with Crippen LogP contribution in [0.2, 0.25) is 0 Å². The van der Waals surface area contributed by atoms with Gasteiger partial charge >= 0.3 is 6.03 Å². The number of amides is 2. The van der Waals surface area contributed by atoms with Crippen LogP contribution in [0.1, 0.15) is 24.3 Å². The van der Waals surface area contributed by atoms with Gasteiger partial charge in [-0.1, -0.05) is 18.2 Å². The highest BCUT2D eigenvalue weighted by Crippen LogP contribution is 2.29. The van der Waals surface area contributed by atoms with Crippen LogP contribution in [-0.2, 0) is 9.84 Å². The smallest absolute Gasteiger partial charge is 0.319 e. The van der Waals surface area contributed by atoms with E-state index < -0.39 is 15.9 Å². The number of fused-ring (bicyclic) bond motifs is 1. The molecule has 0 aliphatic rings. The van der Waals surface area contributed by atoms with Crippen molar-refractivity contribution in [1.82, 2.24) is 5.32 Å². The lowest BCUT2D eigenvalue weighted by Gasteiger charge is -2.13. The van der Waals surface area contributed by atoms with E-state index in [0.29, 0.717) is 11.4 Å². The molecule has 0 aliphatic heterocycles. The van der Waals surface area contributed by atoms with Gasteiger partial charge in [0.2, 0.25) is 0 Å².